The Labute approximate surface area is 124 Å². The summed E-state index contributed by atoms with van der Waals surface area (Å²) in [4.78, 5) is 11.7. The number of thiophene rings is 1. The minimum Gasteiger partial charge on any atom is -0.383 e. The number of nitrogens with two attached hydrogens (primary N) is 1. The van der Waals surface area contributed by atoms with Crippen LogP contribution < -0.4 is 5.73 Å². The van der Waals surface area contributed by atoms with Gasteiger partial charge in [-0.2, -0.15) is 0 Å². The van der Waals surface area contributed by atoms with Gasteiger partial charge in [-0.15, -0.1) is 11.3 Å². The quantitative estimate of drug-likeness (QED) is 0.815. The van der Waals surface area contributed by atoms with Crippen molar-refractivity contribution in [3.05, 3.63) is 25.1 Å². The Balaban J connectivity index is 2.15. The number of aryl methyl sites for hydroxylation is 2. The van der Waals surface area contributed by atoms with E-state index in [4.69, 9.17) is 10.7 Å². The number of nitrogen functional groups attached to an aromatic ring is 1. The smallest absolute Gasteiger partial charge is 0.162 e. The molecule has 0 atom stereocenters. The van der Waals surface area contributed by atoms with Crippen LogP contribution in [0.2, 0.25) is 0 Å². The Hall–Kier alpha value is -0.690. The van der Waals surface area contributed by atoms with E-state index < -0.39 is 0 Å². The molecule has 94 valence electrons. The Bertz CT molecular complexity index is 617. The molecule has 2 N–H and O–H groups in total. The van der Waals surface area contributed by atoms with Gasteiger partial charge in [0.05, 0.1) is 9.26 Å². The van der Waals surface area contributed by atoms with Crippen LogP contribution in [0.3, 0.4) is 0 Å². The third-order valence-corrected chi connectivity index (χ3v) is 5.22. The molecule has 1 saturated carbocycles. The Kier molecular flexibility index (Phi) is 3.05. The lowest BCUT2D eigenvalue weighted by Gasteiger charge is -2.08. The molecule has 1 aliphatic carbocycles. The van der Waals surface area contributed by atoms with Gasteiger partial charge in [0.15, 0.2) is 5.82 Å². The van der Waals surface area contributed by atoms with Crippen LogP contribution in [-0.4, -0.2) is 9.97 Å². The summed E-state index contributed by atoms with van der Waals surface area (Å²) in [6.45, 7) is 4.22. The predicted molar refractivity (Wildman–Crippen MR) is 83.9 cm³/mol. The molecule has 0 bridgehead atoms. The number of anilines is 1. The highest BCUT2D eigenvalue weighted by atomic mass is 127. The van der Waals surface area contributed by atoms with E-state index in [2.05, 4.69) is 47.5 Å². The molecule has 0 spiro atoms. The zero-order valence-corrected chi connectivity index (χ0v) is 13.3. The summed E-state index contributed by atoms with van der Waals surface area (Å²) < 4.78 is 1.03. The van der Waals surface area contributed by atoms with Gasteiger partial charge in [0.2, 0.25) is 0 Å². The lowest BCUT2D eigenvalue weighted by molar-refractivity contribution is 0.982. The third-order valence-electron chi connectivity index (χ3n) is 3.15. The van der Waals surface area contributed by atoms with E-state index in [9.17, 15) is 0 Å². The second-order valence-electron chi connectivity index (χ2n) is 4.73. The normalized spacial score (nSPS) is 15.1. The molecule has 3 nitrogen and oxygen atoms in total. The van der Waals surface area contributed by atoms with Gasteiger partial charge in [0, 0.05) is 21.2 Å². The average Bonchev–Trinajstić information content (AvgIpc) is 3.08. The topological polar surface area (TPSA) is 51.8 Å². The highest BCUT2D eigenvalue weighted by Gasteiger charge is 2.29. The van der Waals surface area contributed by atoms with E-state index in [-0.39, 0.29) is 0 Å². The second-order valence-corrected chi connectivity index (χ2v) is 7.27. The molecule has 0 radical (unpaired) electrons. The molecule has 0 aromatic carbocycles. The Morgan fingerprint density at radius 3 is 2.61 bits per heavy atom. The Morgan fingerprint density at radius 1 is 1.33 bits per heavy atom. The fourth-order valence-electron chi connectivity index (χ4n) is 2.08. The van der Waals surface area contributed by atoms with Crippen LogP contribution in [0, 0.1) is 17.4 Å². The molecule has 1 fully saturated rings. The largest absolute Gasteiger partial charge is 0.383 e. The first-order valence-corrected chi connectivity index (χ1v) is 7.86. The molecule has 0 saturated heterocycles. The van der Waals surface area contributed by atoms with E-state index in [0.717, 1.165) is 20.7 Å². The molecule has 5 heteroatoms. The molecule has 18 heavy (non-hydrogen) atoms. The van der Waals surface area contributed by atoms with E-state index in [0.29, 0.717) is 11.7 Å². The summed E-state index contributed by atoms with van der Waals surface area (Å²) >= 11 is 4.04. The maximum absolute atomic E-state index is 6.03. The molecule has 0 aliphatic heterocycles. The number of rotatable bonds is 2. The van der Waals surface area contributed by atoms with Crippen LogP contribution in [0.1, 0.15) is 34.2 Å². The van der Waals surface area contributed by atoms with Crippen LogP contribution in [0.15, 0.2) is 6.07 Å². The first kappa shape index (κ1) is 12.3. The van der Waals surface area contributed by atoms with Gasteiger partial charge < -0.3 is 5.73 Å². The average molecular weight is 371 g/mol. The molecule has 2 aromatic rings. The van der Waals surface area contributed by atoms with Gasteiger partial charge in [0.25, 0.3) is 0 Å². The third kappa shape index (κ3) is 2.14. The number of hydrogen-bond donors (Lipinski definition) is 1. The van der Waals surface area contributed by atoms with Crippen molar-refractivity contribution in [3.8, 4) is 11.4 Å². The summed E-state index contributed by atoms with van der Waals surface area (Å²) in [5, 5.41) is 0. The van der Waals surface area contributed by atoms with Crippen molar-refractivity contribution in [2.45, 2.75) is 32.6 Å². The van der Waals surface area contributed by atoms with Crippen molar-refractivity contribution < 1.29 is 0 Å². The van der Waals surface area contributed by atoms with Crippen LogP contribution in [0.25, 0.3) is 11.4 Å². The van der Waals surface area contributed by atoms with Gasteiger partial charge in [-0.05, 0) is 55.3 Å². The van der Waals surface area contributed by atoms with Crippen molar-refractivity contribution in [2.24, 2.45) is 0 Å². The lowest BCUT2D eigenvalue weighted by Crippen LogP contribution is -2.04. The molecule has 2 heterocycles. The van der Waals surface area contributed by atoms with Crippen molar-refractivity contribution in [1.29, 1.82) is 0 Å². The number of nitrogens with zero attached hydrogens (tertiary/aromatic N) is 2. The zero-order chi connectivity index (χ0) is 12.9. The van der Waals surface area contributed by atoms with Crippen LogP contribution >= 0.6 is 33.9 Å². The van der Waals surface area contributed by atoms with Crippen LogP contribution in [0.4, 0.5) is 5.82 Å². The van der Waals surface area contributed by atoms with Gasteiger partial charge >= 0.3 is 0 Å². The van der Waals surface area contributed by atoms with Gasteiger partial charge in [0.1, 0.15) is 5.82 Å². The first-order valence-electron chi connectivity index (χ1n) is 5.96. The molecule has 1 aliphatic rings. The summed E-state index contributed by atoms with van der Waals surface area (Å²) in [6, 6.07) is 2.15. The van der Waals surface area contributed by atoms with Crippen LogP contribution in [-0.2, 0) is 0 Å². The fourth-order valence-corrected chi connectivity index (χ4v) is 3.68. The predicted octanol–water partition coefficient (Wildman–Crippen LogP) is 3.89. The summed E-state index contributed by atoms with van der Waals surface area (Å²) in [5.74, 6) is 2.00. The number of aromatic nitrogens is 2. The van der Waals surface area contributed by atoms with E-state index >= 15 is 0 Å². The number of hydrogen-bond acceptors (Lipinski definition) is 4. The van der Waals surface area contributed by atoms with E-state index in [1.54, 1.807) is 11.3 Å². The van der Waals surface area contributed by atoms with Crippen molar-refractivity contribution in [3.63, 3.8) is 0 Å². The van der Waals surface area contributed by atoms with E-state index in [1.165, 1.54) is 22.6 Å². The molecule has 3 rings (SSSR count). The second kappa shape index (κ2) is 4.45. The molecular weight excluding hydrogens is 357 g/mol. The summed E-state index contributed by atoms with van der Waals surface area (Å²) in [5.41, 5.74) is 8.29. The van der Waals surface area contributed by atoms with Gasteiger partial charge in [-0.25, -0.2) is 9.97 Å². The maximum Gasteiger partial charge on any atom is 0.162 e. The first-order chi connectivity index (χ1) is 8.56. The van der Waals surface area contributed by atoms with Crippen molar-refractivity contribution in [1.82, 2.24) is 9.97 Å². The molecule has 0 amide bonds. The van der Waals surface area contributed by atoms with Gasteiger partial charge in [-0.3, -0.25) is 0 Å². The fraction of sp³-hybridized carbons (Fsp3) is 0.385. The van der Waals surface area contributed by atoms with Crippen molar-refractivity contribution >= 4 is 39.7 Å². The maximum atomic E-state index is 6.03. The van der Waals surface area contributed by atoms with Gasteiger partial charge in [-0.1, -0.05) is 0 Å². The zero-order valence-electron chi connectivity index (χ0n) is 10.3. The SMILES string of the molecule is Cc1cc(-c2nc(N)c(I)c(C3CC3)n2)c(C)s1. The highest BCUT2D eigenvalue weighted by Crippen LogP contribution is 2.43. The summed E-state index contributed by atoms with van der Waals surface area (Å²) in [7, 11) is 0. The van der Waals surface area contributed by atoms with Crippen LogP contribution in [0.5, 0.6) is 0 Å². The minimum atomic E-state index is 0.598. The standard InChI is InChI=1S/C13H14IN3S/c1-6-5-9(7(2)18-6)13-16-11(8-3-4-8)10(14)12(15)17-13/h5,8H,3-4H2,1-2H3,(H2,15,16,17). The minimum absolute atomic E-state index is 0.598. The van der Waals surface area contributed by atoms with Crippen molar-refractivity contribution in [2.75, 3.05) is 5.73 Å². The lowest BCUT2D eigenvalue weighted by atomic mass is 10.2. The number of halogens is 1. The Morgan fingerprint density at radius 2 is 2.06 bits per heavy atom. The molecular formula is C13H14IN3S. The molecule has 0 unspecified atom stereocenters. The van der Waals surface area contributed by atoms with E-state index in [1.807, 2.05) is 0 Å². The summed E-state index contributed by atoms with van der Waals surface area (Å²) in [6.07, 6.45) is 2.46. The highest BCUT2D eigenvalue weighted by molar-refractivity contribution is 14.1. The monoisotopic (exact) mass is 371 g/mol. The molecule has 2 aromatic heterocycles.